The summed E-state index contributed by atoms with van der Waals surface area (Å²) in [6.45, 7) is 5.63. The first-order valence-electron chi connectivity index (χ1n) is 8.20. The lowest BCUT2D eigenvalue weighted by Gasteiger charge is -2.27. The minimum absolute atomic E-state index is 0.246. The third-order valence-corrected chi connectivity index (χ3v) is 4.46. The number of rotatable bonds is 5. The van der Waals surface area contributed by atoms with E-state index in [9.17, 15) is 0 Å². The molecule has 1 aliphatic rings. The van der Waals surface area contributed by atoms with Gasteiger partial charge in [0.1, 0.15) is 11.3 Å². The Labute approximate surface area is 127 Å². The summed E-state index contributed by atoms with van der Waals surface area (Å²) in [4.78, 5) is 0. The van der Waals surface area contributed by atoms with Crippen LogP contribution in [0, 0.1) is 0 Å². The number of hydrogen-bond donors (Lipinski definition) is 2. The average molecular weight is 286 g/mol. The number of furan rings is 1. The molecule has 0 aliphatic carbocycles. The molecule has 0 radical (unpaired) electrons. The normalized spacial score (nSPS) is 22.3. The molecule has 3 unspecified atom stereocenters. The van der Waals surface area contributed by atoms with E-state index in [0.29, 0.717) is 12.1 Å². The summed E-state index contributed by atoms with van der Waals surface area (Å²) in [5.74, 6) is 1.03. The predicted octanol–water partition coefficient (Wildman–Crippen LogP) is 4.00. The van der Waals surface area contributed by atoms with Crippen molar-refractivity contribution >= 4 is 11.0 Å². The molecule has 0 spiro atoms. The molecule has 21 heavy (non-hydrogen) atoms. The van der Waals surface area contributed by atoms with Crippen LogP contribution in [0.4, 0.5) is 0 Å². The molecular formula is C18H26N2O. The molecular weight excluding hydrogens is 260 g/mol. The van der Waals surface area contributed by atoms with Gasteiger partial charge >= 0.3 is 0 Å². The van der Waals surface area contributed by atoms with E-state index in [-0.39, 0.29) is 6.04 Å². The molecule has 0 bridgehead atoms. The van der Waals surface area contributed by atoms with Crippen molar-refractivity contribution in [3.8, 4) is 0 Å². The molecule has 3 atom stereocenters. The van der Waals surface area contributed by atoms with Crippen LogP contribution in [0.25, 0.3) is 11.0 Å². The molecule has 2 N–H and O–H groups in total. The summed E-state index contributed by atoms with van der Waals surface area (Å²) < 4.78 is 5.94. The van der Waals surface area contributed by atoms with Gasteiger partial charge in [0.05, 0.1) is 6.04 Å². The second-order valence-electron chi connectivity index (χ2n) is 6.36. The van der Waals surface area contributed by atoms with Gasteiger partial charge in [-0.2, -0.15) is 0 Å². The number of nitrogens with one attached hydrogen (secondary N) is 2. The lowest BCUT2D eigenvalue weighted by atomic mass is 9.98. The number of benzene rings is 1. The smallest absolute Gasteiger partial charge is 0.134 e. The SMILES string of the molecule is CC(CC1CCCCN1)NC(C)c1cc2ccccc2o1. The molecule has 1 aromatic heterocycles. The Morgan fingerprint density at radius 3 is 2.90 bits per heavy atom. The van der Waals surface area contributed by atoms with E-state index in [0.717, 1.165) is 11.3 Å². The molecule has 1 aliphatic heterocycles. The highest BCUT2D eigenvalue weighted by atomic mass is 16.3. The van der Waals surface area contributed by atoms with Gasteiger partial charge in [0.25, 0.3) is 0 Å². The van der Waals surface area contributed by atoms with Crippen LogP contribution in [0.3, 0.4) is 0 Å². The summed E-state index contributed by atoms with van der Waals surface area (Å²) in [6.07, 6.45) is 5.19. The highest BCUT2D eigenvalue weighted by molar-refractivity contribution is 5.77. The van der Waals surface area contributed by atoms with Gasteiger partial charge in [-0.3, -0.25) is 0 Å². The van der Waals surface area contributed by atoms with Crippen LogP contribution in [0.5, 0.6) is 0 Å². The van der Waals surface area contributed by atoms with Gasteiger partial charge in [-0.1, -0.05) is 24.6 Å². The first kappa shape index (κ1) is 14.6. The Balaban J connectivity index is 1.58. The third kappa shape index (κ3) is 3.66. The summed E-state index contributed by atoms with van der Waals surface area (Å²) in [5.41, 5.74) is 0.975. The summed E-state index contributed by atoms with van der Waals surface area (Å²) in [5, 5.41) is 8.47. The Morgan fingerprint density at radius 2 is 2.14 bits per heavy atom. The van der Waals surface area contributed by atoms with Crippen LogP contribution in [0.15, 0.2) is 34.7 Å². The second-order valence-corrected chi connectivity index (χ2v) is 6.36. The zero-order valence-electron chi connectivity index (χ0n) is 13.1. The lowest BCUT2D eigenvalue weighted by molar-refractivity contribution is 0.324. The van der Waals surface area contributed by atoms with Gasteiger partial charge in [-0.15, -0.1) is 0 Å². The van der Waals surface area contributed by atoms with Gasteiger partial charge in [0.15, 0.2) is 0 Å². The fourth-order valence-electron chi connectivity index (χ4n) is 3.34. The fourth-order valence-corrected chi connectivity index (χ4v) is 3.34. The van der Waals surface area contributed by atoms with Crippen LogP contribution in [-0.2, 0) is 0 Å². The quantitative estimate of drug-likeness (QED) is 0.872. The molecule has 1 saturated heterocycles. The summed E-state index contributed by atoms with van der Waals surface area (Å²) >= 11 is 0. The molecule has 0 amide bonds. The Morgan fingerprint density at radius 1 is 1.29 bits per heavy atom. The summed E-state index contributed by atoms with van der Waals surface area (Å²) in [7, 11) is 0. The van der Waals surface area contributed by atoms with Crippen molar-refractivity contribution in [1.29, 1.82) is 0 Å². The van der Waals surface area contributed by atoms with Gasteiger partial charge in [-0.05, 0) is 51.8 Å². The van der Waals surface area contributed by atoms with Crippen LogP contribution >= 0.6 is 0 Å². The van der Waals surface area contributed by atoms with Gasteiger partial charge in [-0.25, -0.2) is 0 Å². The van der Waals surface area contributed by atoms with Crippen molar-refractivity contribution in [2.45, 2.75) is 57.7 Å². The largest absolute Gasteiger partial charge is 0.459 e. The average Bonchev–Trinajstić information content (AvgIpc) is 2.92. The molecule has 3 rings (SSSR count). The van der Waals surface area contributed by atoms with E-state index < -0.39 is 0 Å². The molecule has 3 heteroatoms. The molecule has 2 heterocycles. The molecule has 3 nitrogen and oxygen atoms in total. The first-order chi connectivity index (χ1) is 10.2. The maximum atomic E-state index is 5.94. The van der Waals surface area contributed by atoms with Crippen molar-refractivity contribution in [3.63, 3.8) is 0 Å². The molecule has 114 valence electrons. The van der Waals surface area contributed by atoms with Gasteiger partial charge < -0.3 is 15.1 Å². The Bertz CT molecular complexity index is 538. The van der Waals surface area contributed by atoms with Crippen molar-refractivity contribution < 1.29 is 4.42 Å². The number of piperidine rings is 1. The zero-order valence-corrected chi connectivity index (χ0v) is 13.1. The first-order valence-corrected chi connectivity index (χ1v) is 8.20. The van der Waals surface area contributed by atoms with Crippen molar-refractivity contribution in [2.75, 3.05) is 6.54 Å². The summed E-state index contributed by atoms with van der Waals surface area (Å²) in [6, 6.07) is 11.8. The Kier molecular flexibility index (Phi) is 4.61. The Hall–Kier alpha value is -1.32. The van der Waals surface area contributed by atoms with Crippen LogP contribution in [0.2, 0.25) is 0 Å². The minimum atomic E-state index is 0.246. The van der Waals surface area contributed by atoms with E-state index in [1.54, 1.807) is 0 Å². The predicted molar refractivity (Wildman–Crippen MR) is 87.5 cm³/mol. The van der Waals surface area contributed by atoms with Crippen LogP contribution < -0.4 is 10.6 Å². The highest BCUT2D eigenvalue weighted by Crippen LogP contribution is 2.24. The van der Waals surface area contributed by atoms with Crippen molar-refractivity contribution in [1.82, 2.24) is 10.6 Å². The molecule has 1 aromatic carbocycles. The maximum absolute atomic E-state index is 5.94. The van der Waals surface area contributed by atoms with Crippen LogP contribution in [0.1, 0.15) is 51.3 Å². The van der Waals surface area contributed by atoms with Gasteiger partial charge in [0, 0.05) is 17.5 Å². The standard InChI is InChI=1S/C18H26N2O/c1-13(11-16-8-5-6-10-19-16)20-14(2)18-12-15-7-3-4-9-17(15)21-18/h3-4,7,9,12-14,16,19-20H,5-6,8,10-11H2,1-2H3. The second kappa shape index (κ2) is 6.63. The lowest BCUT2D eigenvalue weighted by Crippen LogP contribution is -2.40. The van der Waals surface area contributed by atoms with E-state index in [1.807, 2.05) is 12.1 Å². The van der Waals surface area contributed by atoms with Crippen molar-refractivity contribution in [2.24, 2.45) is 0 Å². The van der Waals surface area contributed by atoms with E-state index in [1.165, 1.54) is 37.6 Å². The van der Waals surface area contributed by atoms with Gasteiger partial charge in [0.2, 0.25) is 0 Å². The van der Waals surface area contributed by atoms with E-state index >= 15 is 0 Å². The molecule has 0 saturated carbocycles. The van der Waals surface area contributed by atoms with E-state index in [2.05, 4.69) is 42.7 Å². The minimum Gasteiger partial charge on any atom is -0.459 e. The van der Waals surface area contributed by atoms with E-state index in [4.69, 9.17) is 4.42 Å². The topological polar surface area (TPSA) is 37.2 Å². The molecule has 1 fully saturated rings. The maximum Gasteiger partial charge on any atom is 0.134 e. The number of fused-ring (bicyclic) bond motifs is 1. The van der Waals surface area contributed by atoms with Crippen LogP contribution in [-0.4, -0.2) is 18.6 Å². The monoisotopic (exact) mass is 286 g/mol. The van der Waals surface area contributed by atoms with Crippen molar-refractivity contribution in [3.05, 3.63) is 36.1 Å². The highest BCUT2D eigenvalue weighted by Gasteiger charge is 2.18. The fraction of sp³-hybridized carbons (Fsp3) is 0.556. The molecule has 2 aromatic rings. The number of hydrogen-bond acceptors (Lipinski definition) is 3. The third-order valence-electron chi connectivity index (χ3n) is 4.46. The zero-order chi connectivity index (χ0) is 14.7. The number of para-hydroxylation sites is 1.